The van der Waals surface area contributed by atoms with E-state index in [-0.39, 0.29) is 5.82 Å². The number of nitrogens with two attached hydrogens (primary N) is 1. The lowest BCUT2D eigenvalue weighted by atomic mass is 9.96. The van der Waals surface area contributed by atoms with Crippen molar-refractivity contribution in [2.24, 2.45) is 0 Å². The van der Waals surface area contributed by atoms with Crippen LogP contribution >= 0.6 is 11.8 Å². The van der Waals surface area contributed by atoms with Crippen molar-refractivity contribution in [3.8, 4) is 28.5 Å². The van der Waals surface area contributed by atoms with Crippen LogP contribution in [0, 0.1) is 25.2 Å². The summed E-state index contributed by atoms with van der Waals surface area (Å²) in [7, 11) is 0. The van der Waals surface area contributed by atoms with Crippen molar-refractivity contribution in [1.82, 2.24) is 4.98 Å². The van der Waals surface area contributed by atoms with E-state index < -0.39 is 0 Å². The van der Waals surface area contributed by atoms with E-state index in [0.29, 0.717) is 5.56 Å². The van der Waals surface area contributed by atoms with E-state index in [0.717, 1.165) is 27.9 Å². The smallest absolute Gasteiger partial charge is 0.142 e. The lowest BCUT2D eigenvalue weighted by molar-refractivity contribution is 1.28. The fourth-order valence-electron chi connectivity index (χ4n) is 2.92. The number of hydrogen-bond donors (Lipinski definition) is 1. The Morgan fingerprint density at radius 3 is 2.32 bits per heavy atom. The number of aromatic nitrogens is 1. The molecule has 0 spiro atoms. The molecule has 0 fully saturated rings. The molecule has 0 radical (unpaired) electrons. The van der Waals surface area contributed by atoms with Gasteiger partial charge in [0.05, 0.1) is 5.69 Å². The Morgan fingerprint density at radius 1 is 1.00 bits per heavy atom. The normalized spacial score (nSPS) is 10.5. The maximum Gasteiger partial charge on any atom is 0.142 e. The van der Waals surface area contributed by atoms with Crippen molar-refractivity contribution in [3.05, 3.63) is 65.2 Å². The largest absolute Gasteiger partial charge is 0.383 e. The first-order chi connectivity index (χ1) is 12.0. The number of nitrogen functional groups attached to an aromatic ring is 1. The van der Waals surface area contributed by atoms with Crippen LogP contribution in [0.25, 0.3) is 22.4 Å². The summed E-state index contributed by atoms with van der Waals surface area (Å²) in [5.74, 6) is 0.268. The average Bonchev–Trinajstić information content (AvgIpc) is 2.61. The highest BCUT2D eigenvalue weighted by atomic mass is 32.2. The molecule has 3 aromatic rings. The molecule has 25 heavy (non-hydrogen) atoms. The maximum absolute atomic E-state index is 9.54. The molecule has 0 amide bonds. The minimum atomic E-state index is 0.268. The number of rotatable bonds is 3. The minimum absolute atomic E-state index is 0.268. The van der Waals surface area contributed by atoms with Gasteiger partial charge in [0.2, 0.25) is 0 Å². The van der Waals surface area contributed by atoms with Crippen LogP contribution in [0.1, 0.15) is 16.7 Å². The average molecular weight is 345 g/mol. The standard InChI is InChI=1S/C21H19N3S/c1-13-4-9-17(14(2)10-13)20-11-18(19(12-22)21(23)24-20)15-5-7-16(25-3)8-6-15/h4-11H,1-3H3,(H2,23,24). The lowest BCUT2D eigenvalue weighted by Gasteiger charge is -2.12. The molecule has 124 valence electrons. The third-order valence-electron chi connectivity index (χ3n) is 4.22. The summed E-state index contributed by atoms with van der Waals surface area (Å²) in [5, 5.41) is 9.54. The van der Waals surface area contributed by atoms with Gasteiger partial charge in [-0.1, -0.05) is 35.9 Å². The Bertz CT molecular complexity index is 970. The van der Waals surface area contributed by atoms with Gasteiger partial charge in [0, 0.05) is 16.0 Å². The first kappa shape index (κ1) is 17.1. The quantitative estimate of drug-likeness (QED) is 0.662. The number of benzene rings is 2. The van der Waals surface area contributed by atoms with Crippen molar-refractivity contribution >= 4 is 17.6 Å². The predicted molar refractivity (Wildman–Crippen MR) is 105 cm³/mol. The summed E-state index contributed by atoms with van der Waals surface area (Å²) >= 11 is 1.69. The molecule has 0 saturated carbocycles. The van der Waals surface area contributed by atoms with Crippen molar-refractivity contribution in [2.45, 2.75) is 18.7 Å². The Kier molecular flexibility index (Phi) is 4.78. The molecule has 3 rings (SSSR count). The van der Waals surface area contributed by atoms with Crippen LogP contribution in [0.3, 0.4) is 0 Å². The molecule has 0 saturated heterocycles. The van der Waals surface area contributed by atoms with Gasteiger partial charge in [-0.05, 0) is 49.4 Å². The van der Waals surface area contributed by atoms with E-state index in [2.05, 4.69) is 55.2 Å². The second kappa shape index (κ2) is 7.00. The molecule has 2 N–H and O–H groups in total. The first-order valence-electron chi connectivity index (χ1n) is 7.96. The summed E-state index contributed by atoms with van der Waals surface area (Å²) in [6.45, 7) is 4.13. The summed E-state index contributed by atoms with van der Waals surface area (Å²) in [6.07, 6.45) is 2.04. The number of anilines is 1. The predicted octanol–water partition coefficient (Wildman–Crippen LogP) is 5.21. The molecule has 0 atom stereocenters. The van der Waals surface area contributed by atoms with Crippen molar-refractivity contribution < 1.29 is 0 Å². The third-order valence-corrected chi connectivity index (χ3v) is 4.96. The zero-order valence-corrected chi connectivity index (χ0v) is 15.3. The SMILES string of the molecule is CSc1ccc(-c2cc(-c3ccc(C)cc3C)nc(N)c2C#N)cc1. The number of thioether (sulfide) groups is 1. The van der Waals surface area contributed by atoms with E-state index >= 15 is 0 Å². The van der Waals surface area contributed by atoms with Crippen LogP contribution in [0.5, 0.6) is 0 Å². The van der Waals surface area contributed by atoms with E-state index in [4.69, 9.17) is 5.73 Å². The fourth-order valence-corrected chi connectivity index (χ4v) is 3.33. The van der Waals surface area contributed by atoms with E-state index in [9.17, 15) is 5.26 Å². The summed E-state index contributed by atoms with van der Waals surface area (Å²) < 4.78 is 0. The Labute approximate surface area is 152 Å². The Hall–Kier alpha value is -2.77. The van der Waals surface area contributed by atoms with Crippen molar-refractivity contribution in [2.75, 3.05) is 12.0 Å². The molecular weight excluding hydrogens is 326 g/mol. The number of aryl methyl sites for hydroxylation is 2. The second-order valence-electron chi connectivity index (χ2n) is 5.97. The van der Waals surface area contributed by atoms with Gasteiger partial charge < -0.3 is 5.73 Å². The molecule has 4 heteroatoms. The molecule has 2 aromatic carbocycles. The molecule has 3 nitrogen and oxygen atoms in total. The van der Waals surface area contributed by atoms with Gasteiger partial charge in [-0.25, -0.2) is 4.98 Å². The first-order valence-corrected chi connectivity index (χ1v) is 9.18. The van der Waals surface area contributed by atoms with Gasteiger partial charge in [0.15, 0.2) is 0 Å². The molecule has 0 aliphatic rings. The highest BCUT2D eigenvalue weighted by molar-refractivity contribution is 7.98. The number of nitrogens with zero attached hydrogens (tertiary/aromatic N) is 2. The van der Waals surface area contributed by atoms with E-state index in [1.54, 1.807) is 11.8 Å². The number of hydrogen-bond acceptors (Lipinski definition) is 4. The number of nitriles is 1. The topological polar surface area (TPSA) is 62.7 Å². The van der Waals surface area contributed by atoms with Gasteiger partial charge in [0.1, 0.15) is 17.5 Å². The van der Waals surface area contributed by atoms with Gasteiger partial charge in [-0.15, -0.1) is 11.8 Å². The van der Waals surface area contributed by atoms with E-state index in [1.807, 2.05) is 24.5 Å². The molecular formula is C21H19N3S. The summed E-state index contributed by atoms with van der Waals surface area (Å²) in [4.78, 5) is 5.66. The van der Waals surface area contributed by atoms with Crippen LogP contribution < -0.4 is 5.73 Å². The molecule has 0 unspecified atom stereocenters. The fraction of sp³-hybridized carbons (Fsp3) is 0.143. The van der Waals surface area contributed by atoms with Gasteiger partial charge in [-0.3, -0.25) is 0 Å². The summed E-state index contributed by atoms with van der Waals surface area (Å²) in [6, 6.07) is 18.5. The molecule has 0 aliphatic heterocycles. The van der Waals surface area contributed by atoms with E-state index in [1.165, 1.54) is 10.5 Å². The van der Waals surface area contributed by atoms with Crippen LogP contribution in [0.2, 0.25) is 0 Å². The Morgan fingerprint density at radius 2 is 1.72 bits per heavy atom. The van der Waals surface area contributed by atoms with Crippen molar-refractivity contribution in [1.29, 1.82) is 5.26 Å². The molecule has 1 aromatic heterocycles. The lowest BCUT2D eigenvalue weighted by Crippen LogP contribution is -2.00. The highest BCUT2D eigenvalue weighted by Gasteiger charge is 2.14. The van der Waals surface area contributed by atoms with Crippen LogP contribution in [0.15, 0.2) is 53.4 Å². The minimum Gasteiger partial charge on any atom is -0.383 e. The van der Waals surface area contributed by atoms with Crippen LogP contribution in [-0.2, 0) is 0 Å². The summed E-state index contributed by atoms with van der Waals surface area (Å²) in [5.41, 5.74) is 12.5. The molecule has 0 aliphatic carbocycles. The Balaban J connectivity index is 2.20. The maximum atomic E-state index is 9.54. The van der Waals surface area contributed by atoms with Crippen molar-refractivity contribution in [3.63, 3.8) is 0 Å². The highest BCUT2D eigenvalue weighted by Crippen LogP contribution is 2.33. The van der Waals surface area contributed by atoms with Gasteiger partial charge in [-0.2, -0.15) is 5.26 Å². The van der Waals surface area contributed by atoms with Gasteiger partial charge in [0.25, 0.3) is 0 Å². The number of pyridine rings is 1. The zero-order valence-electron chi connectivity index (χ0n) is 14.5. The third kappa shape index (κ3) is 3.38. The van der Waals surface area contributed by atoms with Crippen LogP contribution in [-0.4, -0.2) is 11.2 Å². The molecule has 0 bridgehead atoms. The van der Waals surface area contributed by atoms with Crippen LogP contribution in [0.4, 0.5) is 5.82 Å². The zero-order chi connectivity index (χ0) is 18.0. The molecule has 1 heterocycles. The van der Waals surface area contributed by atoms with Gasteiger partial charge >= 0.3 is 0 Å². The second-order valence-corrected chi connectivity index (χ2v) is 6.85. The monoisotopic (exact) mass is 345 g/mol.